The lowest BCUT2D eigenvalue weighted by Crippen LogP contribution is -2.32. The Balaban J connectivity index is 1.60. The maximum absolute atomic E-state index is 11.6. The van der Waals surface area contributed by atoms with Gasteiger partial charge in [-0.05, 0) is 31.0 Å². The van der Waals surface area contributed by atoms with Gasteiger partial charge in [0.15, 0.2) is 0 Å². The van der Waals surface area contributed by atoms with E-state index in [0.717, 1.165) is 52.4 Å². The Kier molecular flexibility index (Phi) is 5.63. The summed E-state index contributed by atoms with van der Waals surface area (Å²) in [6.45, 7) is 7.27. The summed E-state index contributed by atoms with van der Waals surface area (Å²) < 4.78 is 0. The third-order valence-electron chi connectivity index (χ3n) is 5.14. The minimum Gasteiger partial charge on any atom is -0.352 e. The molecule has 4 rings (SSSR count). The molecular weight excluding hydrogens is 400 g/mol. The minimum absolute atomic E-state index is 0.0923. The van der Waals surface area contributed by atoms with Gasteiger partial charge in [-0.2, -0.15) is 0 Å². The fourth-order valence-corrected chi connectivity index (χ4v) is 3.76. The van der Waals surface area contributed by atoms with E-state index in [4.69, 9.17) is 11.6 Å². The van der Waals surface area contributed by atoms with Crippen LogP contribution in [0.15, 0.2) is 30.7 Å². The van der Waals surface area contributed by atoms with Gasteiger partial charge in [0.05, 0.1) is 16.4 Å². The van der Waals surface area contributed by atoms with Crippen molar-refractivity contribution in [3.05, 3.63) is 58.1 Å². The highest BCUT2D eigenvalue weighted by molar-refractivity contribution is 6.33. The van der Waals surface area contributed by atoms with Crippen LogP contribution in [-0.4, -0.2) is 32.4 Å². The lowest BCUT2D eigenvalue weighted by molar-refractivity contribution is -0.115. The van der Waals surface area contributed by atoms with Crippen LogP contribution >= 0.6 is 11.6 Å². The zero-order chi connectivity index (χ0) is 21.3. The van der Waals surface area contributed by atoms with E-state index in [0.29, 0.717) is 23.9 Å². The molecule has 7 nitrogen and oxygen atoms in total. The van der Waals surface area contributed by atoms with Crippen LogP contribution < -0.4 is 10.2 Å². The van der Waals surface area contributed by atoms with E-state index in [1.165, 1.54) is 0 Å². The molecule has 3 aromatic heterocycles. The predicted octanol–water partition coefficient (Wildman–Crippen LogP) is 4.12. The third kappa shape index (κ3) is 4.11. The number of aromatic nitrogens is 4. The zero-order valence-corrected chi connectivity index (χ0v) is 18.0. The minimum atomic E-state index is -0.0923. The molecule has 0 aliphatic carbocycles. The first kappa shape index (κ1) is 20.2. The van der Waals surface area contributed by atoms with E-state index in [1.54, 1.807) is 19.3 Å². The molecule has 4 heterocycles. The normalized spacial score (nSPS) is 13.1. The van der Waals surface area contributed by atoms with Crippen LogP contribution in [0, 0.1) is 13.8 Å². The fourth-order valence-electron chi connectivity index (χ4n) is 3.56. The first-order valence-electron chi connectivity index (χ1n) is 9.93. The number of halogens is 1. The van der Waals surface area contributed by atoms with Crippen molar-refractivity contribution in [3.63, 3.8) is 0 Å². The summed E-state index contributed by atoms with van der Waals surface area (Å²) in [7, 11) is 0. The molecule has 0 radical (unpaired) electrons. The van der Waals surface area contributed by atoms with Crippen LogP contribution in [0.5, 0.6) is 0 Å². The number of anilines is 2. The van der Waals surface area contributed by atoms with Gasteiger partial charge >= 0.3 is 0 Å². The number of nitrogens with one attached hydrogen (secondary N) is 1. The maximum Gasteiger partial charge on any atom is 0.229 e. The smallest absolute Gasteiger partial charge is 0.229 e. The molecule has 1 aliphatic rings. The van der Waals surface area contributed by atoms with Crippen molar-refractivity contribution < 1.29 is 4.79 Å². The van der Waals surface area contributed by atoms with Gasteiger partial charge in [0.1, 0.15) is 5.82 Å². The topological polar surface area (TPSA) is 83.9 Å². The summed E-state index contributed by atoms with van der Waals surface area (Å²) >= 11 is 6.46. The molecule has 0 aromatic carbocycles. The summed E-state index contributed by atoms with van der Waals surface area (Å²) in [5.41, 5.74) is 5.92. The number of carbonyl (C=O) groups is 1. The van der Waals surface area contributed by atoms with Crippen LogP contribution in [-0.2, 0) is 17.8 Å². The Hall–Kier alpha value is -3.06. The molecule has 30 heavy (non-hydrogen) atoms. The van der Waals surface area contributed by atoms with Crippen molar-refractivity contribution in [2.75, 3.05) is 16.8 Å². The summed E-state index contributed by atoms with van der Waals surface area (Å²) in [6, 6.07) is 4.09. The largest absolute Gasteiger partial charge is 0.352 e. The van der Waals surface area contributed by atoms with Gasteiger partial charge in [0.2, 0.25) is 11.9 Å². The van der Waals surface area contributed by atoms with E-state index >= 15 is 0 Å². The van der Waals surface area contributed by atoms with Crippen molar-refractivity contribution >= 4 is 29.3 Å². The number of amides is 1. The van der Waals surface area contributed by atoms with Crippen LogP contribution in [0.25, 0.3) is 11.3 Å². The van der Waals surface area contributed by atoms with E-state index in [1.807, 2.05) is 26.1 Å². The summed E-state index contributed by atoms with van der Waals surface area (Å²) in [4.78, 5) is 31.7. The van der Waals surface area contributed by atoms with Gasteiger partial charge in [-0.1, -0.05) is 24.6 Å². The Labute approximate surface area is 180 Å². The Morgan fingerprint density at radius 3 is 2.77 bits per heavy atom. The second-order valence-corrected chi connectivity index (χ2v) is 7.85. The molecule has 0 saturated heterocycles. The zero-order valence-electron chi connectivity index (χ0n) is 17.2. The van der Waals surface area contributed by atoms with Crippen molar-refractivity contribution in [1.82, 2.24) is 19.9 Å². The van der Waals surface area contributed by atoms with Crippen molar-refractivity contribution in [3.8, 4) is 11.3 Å². The summed E-state index contributed by atoms with van der Waals surface area (Å²) in [6.07, 6.45) is 6.45. The highest BCUT2D eigenvalue weighted by Crippen LogP contribution is 2.32. The maximum atomic E-state index is 11.6. The average molecular weight is 423 g/mol. The standard InChI is InChI=1S/C22H23ClN6O/c1-4-20(30)28-22-26-10-15-12-29(6-5-18(15)27-22)19-8-16(17(23)11-24-19)21-14(3)7-13(2)9-25-21/h7-11H,4-6,12H2,1-3H3,(H,26,27,28,30). The molecule has 0 unspecified atom stereocenters. The SMILES string of the molecule is CCC(=O)Nc1ncc2c(n1)CCN(c1cc(-c3ncc(C)cc3C)c(Cl)cn1)C2. The van der Waals surface area contributed by atoms with Gasteiger partial charge in [0.25, 0.3) is 0 Å². The van der Waals surface area contributed by atoms with Crippen LogP contribution in [0.4, 0.5) is 11.8 Å². The number of fused-ring (bicyclic) bond motifs is 1. The number of hydrogen-bond donors (Lipinski definition) is 1. The molecule has 0 spiro atoms. The van der Waals surface area contributed by atoms with Gasteiger partial charge in [-0.3, -0.25) is 15.1 Å². The molecule has 0 atom stereocenters. The van der Waals surface area contributed by atoms with Crippen molar-refractivity contribution in [2.45, 2.75) is 40.2 Å². The molecule has 1 amide bonds. The van der Waals surface area contributed by atoms with Crippen LogP contribution in [0.2, 0.25) is 5.02 Å². The summed E-state index contributed by atoms with van der Waals surface area (Å²) in [5.74, 6) is 1.11. The molecule has 8 heteroatoms. The lowest BCUT2D eigenvalue weighted by atomic mass is 10.0. The van der Waals surface area contributed by atoms with E-state index < -0.39 is 0 Å². The van der Waals surface area contributed by atoms with Crippen LogP contribution in [0.3, 0.4) is 0 Å². The highest BCUT2D eigenvalue weighted by atomic mass is 35.5. The van der Waals surface area contributed by atoms with Crippen LogP contribution in [0.1, 0.15) is 35.7 Å². The first-order chi connectivity index (χ1) is 14.4. The number of rotatable bonds is 4. The fraction of sp³-hybridized carbons (Fsp3) is 0.318. The average Bonchev–Trinajstić information content (AvgIpc) is 2.74. The molecule has 0 saturated carbocycles. The predicted molar refractivity (Wildman–Crippen MR) is 118 cm³/mol. The molecule has 0 bridgehead atoms. The van der Waals surface area contributed by atoms with Gasteiger partial charge in [0, 0.05) is 55.6 Å². The Morgan fingerprint density at radius 2 is 2.00 bits per heavy atom. The molecule has 3 aromatic rings. The molecule has 154 valence electrons. The quantitative estimate of drug-likeness (QED) is 0.681. The number of carbonyl (C=O) groups excluding carboxylic acids is 1. The second kappa shape index (κ2) is 8.36. The third-order valence-corrected chi connectivity index (χ3v) is 5.44. The number of pyridine rings is 2. The van der Waals surface area contributed by atoms with E-state index in [9.17, 15) is 4.79 Å². The van der Waals surface area contributed by atoms with Gasteiger partial charge < -0.3 is 4.90 Å². The molecule has 1 aliphatic heterocycles. The number of nitrogens with zero attached hydrogens (tertiary/aromatic N) is 5. The van der Waals surface area contributed by atoms with E-state index in [-0.39, 0.29) is 5.91 Å². The van der Waals surface area contributed by atoms with Crippen molar-refractivity contribution in [2.24, 2.45) is 0 Å². The number of hydrogen-bond acceptors (Lipinski definition) is 6. The number of aryl methyl sites for hydroxylation is 2. The molecular formula is C22H23ClN6O. The van der Waals surface area contributed by atoms with Gasteiger partial charge in [-0.15, -0.1) is 0 Å². The first-order valence-corrected chi connectivity index (χ1v) is 10.3. The Bertz CT molecular complexity index is 1120. The lowest BCUT2D eigenvalue weighted by Gasteiger charge is -2.29. The Morgan fingerprint density at radius 1 is 1.17 bits per heavy atom. The highest BCUT2D eigenvalue weighted by Gasteiger charge is 2.21. The van der Waals surface area contributed by atoms with E-state index in [2.05, 4.69) is 36.2 Å². The van der Waals surface area contributed by atoms with Crippen molar-refractivity contribution in [1.29, 1.82) is 0 Å². The molecule has 0 fully saturated rings. The second-order valence-electron chi connectivity index (χ2n) is 7.44. The molecule has 1 N–H and O–H groups in total. The van der Waals surface area contributed by atoms with Gasteiger partial charge in [-0.25, -0.2) is 15.0 Å². The monoisotopic (exact) mass is 422 g/mol. The summed E-state index contributed by atoms with van der Waals surface area (Å²) in [5, 5.41) is 3.30.